The molecule has 1 saturated carbocycles. The number of ether oxygens (including phenoxy) is 2. The number of benzene rings is 2. The number of aliphatic hydroxyl groups excluding tert-OH is 1. The second kappa shape index (κ2) is 18.0. The maximum absolute atomic E-state index is 13.2. The summed E-state index contributed by atoms with van der Waals surface area (Å²) in [6.45, 7) is 3.51. The molecule has 236 valence electrons. The molecular formula is C36H52N2O5. The van der Waals surface area contributed by atoms with E-state index in [0.29, 0.717) is 26.1 Å². The van der Waals surface area contributed by atoms with Crippen LogP contribution in [0.2, 0.25) is 0 Å². The fourth-order valence-corrected chi connectivity index (χ4v) is 6.44. The van der Waals surface area contributed by atoms with Gasteiger partial charge in [-0.25, -0.2) is 0 Å². The number of nitrogens with one attached hydrogen (secondary N) is 2. The standard InChI is InChI=1S/C36H52N2O5/c1-27-15-17-32(18-16-27)43-24-21-35(40)38-33(25-29-11-6-3-7-12-29)34(39)26-31(14-8-13-28-9-4-2-5-10-28)37-36(41)30-19-22-42-23-20-30/h3,6-7,11-12,15-18,28,30-31,33-34,39H,2,4-5,8-10,13-14,19-26H2,1H3,(H,37,41)(H,38,40)/t31?,33?,34-/m0/s1. The molecule has 3 N–H and O–H groups in total. The number of hydrogen-bond donors (Lipinski definition) is 3. The highest BCUT2D eigenvalue weighted by Gasteiger charge is 2.29. The van der Waals surface area contributed by atoms with Crippen LogP contribution < -0.4 is 15.4 Å². The molecule has 2 aromatic carbocycles. The Hall–Kier alpha value is -2.90. The van der Waals surface area contributed by atoms with Crippen molar-refractivity contribution in [2.75, 3.05) is 19.8 Å². The Kier molecular flexibility index (Phi) is 13.8. The molecule has 2 aromatic rings. The first-order chi connectivity index (χ1) is 21.0. The van der Waals surface area contributed by atoms with Gasteiger partial charge >= 0.3 is 0 Å². The number of carbonyl (C=O) groups is 2. The van der Waals surface area contributed by atoms with E-state index in [4.69, 9.17) is 9.47 Å². The molecule has 2 unspecified atom stereocenters. The van der Waals surface area contributed by atoms with Gasteiger partial charge in [-0.1, -0.05) is 93.0 Å². The topological polar surface area (TPSA) is 96.9 Å². The molecule has 1 aliphatic carbocycles. The second-order valence-corrected chi connectivity index (χ2v) is 12.6. The minimum atomic E-state index is -0.808. The van der Waals surface area contributed by atoms with Crippen LogP contribution in [0.3, 0.4) is 0 Å². The van der Waals surface area contributed by atoms with Crippen LogP contribution in [0, 0.1) is 18.8 Å². The van der Waals surface area contributed by atoms with E-state index in [0.717, 1.165) is 48.5 Å². The Balaban J connectivity index is 1.36. The fraction of sp³-hybridized carbons (Fsp3) is 0.611. The van der Waals surface area contributed by atoms with Gasteiger partial charge < -0.3 is 25.2 Å². The molecule has 3 atom stereocenters. The first-order valence-corrected chi connectivity index (χ1v) is 16.5. The van der Waals surface area contributed by atoms with Gasteiger partial charge in [0, 0.05) is 25.2 Å². The quantitative estimate of drug-likeness (QED) is 0.225. The molecule has 0 spiro atoms. The number of aliphatic hydroxyl groups is 1. The fourth-order valence-electron chi connectivity index (χ4n) is 6.44. The van der Waals surface area contributed by atoms with Crippen molar-refractivity contribution in [3.05, 3.63) is 65.7 Å². The lowest BCUT2D eigenvalue weighted by atomic mass is 9.85. The highest BCUT2D eigenvalue weighted by Crippen LogP contribution is 2.28. The molecule has 1 aliphatic heterocycles. The third kappa shape index (κ3) is 12.0. The summed E-state index contributed by atoms with van der Waals surface area (Å²) in [5.74, 6) is 1.37. The molecule has 7 nitrogen and oxygen atoms in total. The van der Waals surface area contributed by atoms with Crippen LogP contribution in [0.5, 0.6) is 5.75 Å². The van der Waals surface area contributed by atoms with E-state index in [1.807, 2.05) is 61.5 Å². The lowest BCUT2D eigenvalue weighted by Gasteiger charge is -2.30. The van der Waals surface area contributed by atoms with Gasteiger partial charge in [-0.2, -0.15) is 0 Å². The summed E-state index contributed by atoms with van der Waals surface area (Å²) in [6.07, 6.45) is 11.4. The minimum Gasteiger partial charge on any atom is -0.493 e. The van der Waals surface area contributed by atoms with Crippen LogP contribution >= 0.6 is 0 Å². The predicted molar refractivity (Wildman–Crippen MR) is 170 cm³/mol. The Labute approximate surface area is 258 Å². The maximum atomic E-state index is 13.2. The van der Waals surface area contributed by atoms with Gasteiger partial charge in [0.15, 0.2) is 0 Å². The summed E-state index contributed by atoms with van der Waals surface area (Å²) in [7, 11) is 0. The van der Waals surface area contributed by atoms with E-state index in [-0.39, 0.29) is 36.8 Å². The normalized spacial score (nSPS) is 18.4. The molecule has 1 saturated heterocycles. The zero-order valence-electron chi connectivity index (χ0n) is 26.0. The third-order valence-electron chi connectivity index (χ3n) is 9.08. The second-order valence-electron chi connectivity index (χ2n) is 12.6. The number of amides is 2. The molecule has 0 bridgehead atoms. The molecule has 0 radical (unpaired) electrons. The van der Waals surface area contributed by atoms with Crippen molar-refractivity contribution in [2.24, 2.45) is 11.8 Å². The van der Waals surface area contributed by atoms with Crippen LogP contribution in [0.4, 0.5) is 0 Å². The number of carbonyl (C=O) groups excluding carboxylic acids is 2. The molecule has 43 heavy (non-hydrogen) atoms. The number of aryl methyl sites for hydroxylation is 1. The van der Waals surface area contributed by atoms with Crippen molar-refractivity contribution in [1.82, 2.24) is 10.6 Å². The van der Waals surface area contributed by atoms with Crippen molar-refractivity contribution < 1.29 is 24.2 Å². The van der Waals surface area contributed by atoms with Crippen LogP contribution in [-0.4, -0.2) is 54.9 Å². The Morgan fingerprint density at radius 1 is 0.953 bits per heavy atom. The number of rotatable bonds is 16. The summed E-state index contributed by atoms with van der Waals surface area (Å²) in [4.78, 5) is 26.2. The van der Waals surface area contributed by atoms with Crippen LogP contribution in [0.25, 0.3) is 0 Å². The highest BCUT2D eigenvalue weighted by atomic mass is 16.5. The largest absolute Gasteiger partial charge is 0.493 e. The van der Waals surface area contributed by atoms with E-state index < -0.39 is 12.1 Å². The van der Waals surface area contributed by atoms with Crippen LogP contribution in [0.1, 0.15) is 88.2 Å². The van der Waals surface area contributed by atoms with E-state index in [9.17, 15) is 14.7 Å². The van der Waals surface area contributed by atoms with Gasteiger partial charge in [-0.3, -0.25) is 9.59 Å². The Morgan fingerprint density at radius 2 is 1.67 bits per heavy atom. The predicted octanol–water partition coefficient (Wildman–Crippen LogP) is 5.90. The summed E-state index contributed by atoms with van der Waals surface area (Å²) >= 11 is 0. The Bertz CT molecular complexity index is 1080. The molecule has 2 amide bonds. The summed E-state index contributed by atoms with van der Waals surface area (Å²) in [5.41, 5.74) is 2.20. The van der Waals surface area contributed by atoms with E-state index in [2.05, 4.69) is 10.6 Å². The van der Waals surface area contributed by atoms with Crippen LogP contribution in [0.15, 0.2) is 54.6 Å². The zero-order valence-corrected chi connectivity index (χ0v) is 26.0. The van der Waals surface area contributed by atoms with E-state index >= 15 is 0 Å². The third-order valence-corrected chi connectivity index (χ3v) is 9.08. The summed E-state index contributed by atoms with van der Waals surface area (Å²) in [6, 6.07) is 17.1. The van der Waals surface area contributed by atoms with Crippen molar-refractivity contribution in [2.45, 2.75) is 109 Å². The van der Waals surface area contributed by atoms with Gasteiger partial charge in [-0.05, 0) is 62.6 Å². The first kappa shape index (κ1) is 33.0. The Morgan fingerprint density at radius 3 is 2.40 bits per heavy atom. The molecule has 0 aromatic heterocycles. The monoisotopic (exact) mass is 592 g/mol. The van der Waals surface area contributed by atoms with Crippen molar-refractivity contribution >= 4 is 11.8 Å². The minimum absolute atomic E-state index is 0.0416. The molecule has 7 heteroatoms. The molecular weight excluding hydrogens is 540 g/mol. The maximum Gasteiger partial charge on any atom is 0.223 e. The van der Waals surface area contributed by atoms with Gasteiger partial charge in [0.2, 0.25) is 11.8 Å². The van der Waals surface area contributed by atoms with Gasteiger partial charge in [-0.15, -0.1) is 0 Å². The van der Waals surface area contributed by atoms with Crippen LogP contribution in [-0.2, 0) is 20.7 Å². The van der Waals surface area contributed by atoms with Crippen molar-refractivity contribution in [1.29, 1.82) is 0 Å². The van der Waals surface area contributed by atoms with Crippen molar-refractivity contribution in [3.8, 4) is 5.75 Å². The average Bonchev–Trinajstić information content (AvgIpc) is 3.03. The highest BCUT2D eigenvalue weighted by molar-refractivity contribution is 5.79. The molecule has 4 rings (SSSR count). The molecule has 1 heterocycles. The number of hydrogen-bond acceptors (Lipinski definition) is 5. The summed E-state index contributed by atoms with van der Waals surface area (Å²) in [5, 5.41) is 18.0. The van der Waals surface area contributed by atoms with Gasteiger partial charge in [0.25, 0.3) is 0 Å². The SMILES string of the molecule is Cc1ccc(OCCC(=O)NC(Cc2ccccc2)[C@@H](O)CC(CCCC2CCCCC2)NC(=O)C2CCOCC2)cc1. The zero-order chi connectivity index (χ0) is 30.3. The molecule has 2 fully saturated rings. The first-order valence-electron chi connectivity index (χ1n) is 16.5. The summed E-state index contributed by atoms with van der Waals surface area (Å²) < 4.78 is 11.2. The lowest BCUT2D eigenvalue weighted by molar-refractivity contribution is -0.129. The van der Waals surface area contributed by atoms with E-state index in [1.54, 1.807) is 0 Å². The smallest absolute Gasteiger partial charge is 0.223 e. The average molecular weight is 593 g/mol. The lowest BCUT2D eigenvalue weighted by Crippen LogP contribution is -2.49. The van der Waals surface area contributed by atoms with Crippen molar-refractivity contribution in [3.63, 3.8) is 0 Å². The molecule has 2 aliphatic rings. The van der Waals surface area contributed by atoms with E-state index in [1.165, 1.54) is 38.5 Å². The van der Waals surface area contributed by atoms with Gasteiger partial charge in [0.05, 0.1) is 25.2 Å². The van der Waals surface area contributed by atoms with Gasteiger partial charge in [0.1, 0.15) is 5.75 Å².